The first-order valence-electron chi connectivity index (χ1n) is 8.67. The van der Waals surface area contributed by atoms with Crippen molar-refractivity contribution in [1.82, 2.24) is 0 Å². The fourth-order valence-corrected chi connectivity index (χ4v) is 6.85. The van der Waals surface area contributed by atoms with Gasteiger partial charge in [0.2, 0.25) is 0 Å². The summed E-state index contributed by atoms with van der Waals surface area (Å²) in [5.41, 5.74) is 2.73. The van der Waals surface area contributed by atoms with E-state index in [9.17, 15) is 0 Å². The first kappa shape index (κ1) is 22.7. The fourth-order valence-electron chi connectivity index (χ4n) is 3.17. The van der Waals surface area contributed by atoms with Gasteiger partial charge in [-0.3, -0.25) is 0 Å². The maximum absolute atomic E-state index is 5.59. The number of hydrogen-bond donors (Lipinski definition) is 0. The quantitative estimate of drug-likeness (QED) is 0.548. The maximum Gasteiger partial charge on any atom is 0.536 e. The van der Waals surface area contributed by atoms with Gasteiger partial charge in [0, 0.05) is 53.0 Å². The van der Waals surface area contributed by atoms with Crippen LogP contribution in [0.4, 0.5) is 0 Å². The smallest absolute Gasteiger partial charge is 0.373 e. The number of benzene rings is 2. The normalized spacial score (nSPS) is 12.2. The van der Waals surface area contributed by atoms with Gasteiger partial charge < -0.3 is 26.6 Å². The first-order valence-corrected chi connectivity index (χ1v) is 12.1. The van der Waals surface area contributed by atoms with Crippen molar-refractivity contribution in [3.63, 3.8) is 0 Å². The monoisotopic (exact) mass is 420 g/mol. The lowest BCUT2D eigenvalue weighted by Crippen LogP contribution is -2.54. The Morgan fingerprint density at radius 1 is 0.607 bits per heavy atom. The molecule has 6 nitrogen and oxygen atoms in total. The Bertz CT molecular complexity index is 721. The third kappa shape index (κ3) is 4.19. The molecule has 2 rings (SSSR count). The Hall–Kier alpha value is -1.63. The summed E-state index contributed by atoms with van der Waals surface area (Å²) in [7, 11) is 3.70. The van der Waals surface area contributed by atoms with Crippen LogP contribution in [0, 0.1) is 0 Å². The molecule has 0 spiro atoms. The highest BCUT2D eigenvalue weighted by molar-refractivity contribution is 6.75. The van der Waals surface area contributed by atoms with Gasteiger partial charge in [-0.15, -0.1) is 0 Å². The SMILES string of the molecule is C=C(c1cccc([Si](OC)(OC)OC)c1)c1cccc([Si](OC)(OC)OC)c1. The first-order chi connectivity index (χ1) is 13.5. The Balaban J connectivity index is 2.45. The van der Waals surface area contributed by atoms with E-state index in [0.717, 1.165) is 27.1 Å². The summed E-state index contributed by atoms with van der Waals surface area (Å²) in [6, 6.07) is 15.7. The number of rotatable bonds is 10. The summed E-state index contributed by atoms with van der Waals surface area (Å²) in [5, 5.41) is 1.73. The summed E-state index contributed by atoms with van der Waals surface area (Å²) < 4.78 is 33.5. The van der Waals surface area contributed by atoms with Crippen LogP contribution in [0.3, 0.4) is 0 Å². The van der Waals surface area contributed by atoms with E-state index >= 15 is 0 Å². The van der Waals surface area contributed by atoms with Gasteiger partial charge in [-0.05, 0) is 28.8 Å². The van der Waals surface area contributed by atoms with Gasteiger partial charge in [-0.1, -0.05) is 43.0 Å². The highest BCUT2D eigenvalue weighted by atomic mass is 28.4. The van der Waals surface area contributed by atoms with E-state index < -0.39 is 17.6 Å². The molecule has 152 valence electrons. The average Bonchev–Trinajstić information content (AvgIpc) is 2.77. The third-order valence-corrected chi connectivity index (χ3v) is 10.0. The summed E-state index contributed by atoms with van der Waals surface area (Å²) in [5.74, 6) is 0. The van der Waals surface area contributed by atoms with Crippen LogP contribution in [0.15, 0.2) is 55.1 Å². The van der Waals surface area contributed by atoms with E-state index in [0.29, 0.717) is 0 Å². The van der Waals surface area contributed by atoms with Crippen LogP contribution in [-0.4, -0.2) is 60.3 Å². The predicted octanol–water partition coefficient (Wildman–Crippen LogP) is 1.92. The molecule has 28 heavy (non-hydrogen) atoms. The van der Waals surface area contributed by atoms with Crippen LogP contribution in [-0.2, 0) is 26.6 Å². The van der Waals surface area contributed by atoms with Gasteiger partial charge in [0.1, 0.15) is 0 Å². The second-order valence-electron chi connectivity index (χ2n) is 5.98. The van der Waals surface area contributed by atoms with E-state index in [1.165, 1.54) is 0 Å². The Kier molecular flexibility index (Phi) is 7.87. The highest BCUT2D eigenvalue weighted by Gasteiger charge is 2.42. The summed E-state index contributed by atoms with van der Waals surface area (Å²) >= 11 is 0. The second-order valence-corrected chi connectivity index (χ2v) is 11.8. The largest absolute Gasteiger partial charge is 0.536 e. The fraction of sp³-hybridized carbons (Fsp3) is 0.300. The minimum atomic E-state index is -2.92. The molecule has 0 atom stereocenters. The molecule has 0 saturated carbocycles. The van der Waals surface area contributed by atoms with Crippen LogP contribution in [0.1, 0.15) is 11.1 Å². The number of hydrogen-bond acceptors (Lipinski definition) is 6. The molecule has 2 aromatic carbocycles. The molecule has 8 heteroatoms. The molecule has 0 unspecified atom stereocenters. The minimum Gasteiger partial charge on any atom is -0.373 e. The van der Waals surface area contributed by atoms with Crippen molar-refractivity contribution in [3.05, 3.63) is 66.2 Å². The lowest BCUT2D eigenvalue weighted by molar-refractivity contribution is 0.140. The molecule has 0 aliphatic rings. The molecule has 0 saturated heterocycles. The molecular formula is C20H28O6Si2. The van der Waals surface area contributed by atoms with Crippen molar-refractivity contribution < 1.29 is 26.6 Å². The van der Waals surface area contributed by atoms with Crippen molar-refractivity contribution in [2.45, 2.75) is 0 Å². The molecule has 0 radical (unpaired) electrons. The molecule has 0 aromatic heterocycles. The van der Waals surface area contributed by atoms with Crippen molar-refractivity contribution >= 4 is 33.6 Å². The van der Waals surface area contributed by atoms with Gasteiger partial charge in [-0.2, -0.15) is 0 Å². The minimum absolute atomic E-state index is 0.848. The van der Waals surface area contributed by atoms with Crippen LogP contribution < -0.4 is 10.4 Å². The molecule has 0 bridgehead atoms. The zero-order valence-electron chi connectivity index (χ0n) is 17.3. The Labute approximate surface area is 169 Å². The van der Waals surface area contributed by atoms with Gasteiger partial charge in [0.25, 0.3) is 0 Å². The Morgan fingerprint density at radius 2 is 0.929 bits per heavy atom. The molecule has 0 aliphatic heterocycles. The zero-order valence-corrected chi connectivity index (χ0v) is 19.3. The molecule has 0 amide bonds. The van der Waals surface area contributed by atoms with Crippen molar-refractivity contribution in [3.8, 4) is 0 Å². The molecule has 0 fully saturated rings. The highest BCUT2D eigenvalue weighted by Crippen LogP contribution is 2.22. The zero-order chi connectivity index (χ0) is 20.8. The maximum atomic E-state index is 5.59. The van der Waals surface area contributed by atoms with Crippen LogP contribution in [0.2, 0.25) is 0 Å². The van der Waals surface area contributed by atoms with Gasteiger partial charge in [0.05, 0.1) is 0 Å². The predicted molar refractivity (Wildman–Crippen MR) is 114 cm³/mol. The van der Waals surface area contributed by atoms with Crippen LogP contribution in [0.5, 0.6) is 0 Å². The van der Waals surface area contributed by atoms with E-state index in [1.807, 2.05) is 48.5 Å². The van der Waals surface area contributed by atoms with Gasteiger partial charge >= 0.3 is 17.6 Å². The standard InChI is InChI=1S/C20H28O6Si2/c1-16(17-10-8-12-19(14-17)27(21-2,22-3)23-4)18-11-9-13-20(15-18)28(24-5,25-6)26-7/h8-15H,1H2,2-7H3. The second kappa shape index (κ2) is 9.72. The van der Waals surface area contributed by atoms with E-state index in [4.69, 9.17) is 26.6 Å². The van der Waals surface area contributed by atoms with Gasteiger partial charge in [-0.25, -0.2) is 0 Å². The summed E-state index contributed by atoms with van der Waals surface area (Å²) in [6.45, 7) is 4.28. The summed E-state index contributed by atoms with van der Waals surface area (Å²) in [4.78, 5) is 0. The third-order valence-electron chi connectivity index (χ3n) is 4.74. The van der Waals surface area contributed by atoms with E-state index in [2.05, 4.69) is 6.58 Å². The lowest BCUT2D eigenvalue weighted by atomic mass is 10.00. The average molecular weight is 421 g/mol. The van der Waals surface area contributed by atoms with Crippen LogP contribution >= 0.6 is 0 Å². The topological polar surface area (TPSA) is 55.4 Å². The van der Waals surface area contributed by atoms with Gasteiger partial charge in [0.15, 0.2) is 0 Å². The molecule has 0 heterocycles. The molecule has 2 aromatic rings. The summed E-state index contributed by atoms with van der Waals surface area (Å²) in [6.07, 6.45) is 0. The molecule has 0 aliphatic carbocycles. The van der Waals surface area contributed by atoms with E-state index in [-0.39, 0.29) is 0 Å². The Morgan fingerprint density at radius 3 is 1.21 bits per heavy atom. The van der Waals surface area contributed by atoms with E-state index in [1.54, 1.807) is 42.7 Å². The van der Waals surface area contributed by atoms with Crippen molar-refractivity contribution in [2.75, 3.05) is 42.7 Å². The van der Waals surface area contributed by atoms with Crippen molar-refractivity contribution in [1.29, 1.82) is 0 Å². The lowest BCUT2D eigenvalue weighted by Gasteiger charge is -2.26. The van der Waals surface area contributed by atoms with Crippen LogP contribution in [0.25, 0.3) is 5.57 Å². The molecular weight excluding hydrogens is 392 g/mol. The van der Waals surface area contributed by atoms with Crippen molar-refractivity contribution in [2.24, 2.45) is 0 Å². The molecule has 0 N–H and O–H groups in total.